The molecule has 2 heterocycles. The van der Waals surface area contributed by atoms with Crippen LogP contribution in [-0.2, 0) is 0 Å². The van der Waals surface area contributed by atoms with E-state index in [1.807, 2.05) is 0 Å². The average molecular weight is 266 g/mol. The molecule has 3 nitrogen and oxygen atoms in total. The lowest BCUT2D eigenvalue weighted by atomic mass is 9.74. The maximum atomic E-state index is 9.89. The topological polar surface area (TPSA) is 26.7 Å². The second-order valence-corrected chi connectivity index (χ2v) is 7.14. The third-order valence-electron chi connectivity index (χ3n) is 5.70. The van der Waals surface area contributed by atoms with Crippen molar-refractivity contribution in [1.29, 1.82) is 0 Å². The van der Waals surface area contributed by atoms with Crippen LogP contribution in [0, 0.1) is 5.41 Å². The van der Waals surface area contributed by atoms with Crippen LogP contribution in [0.15, 0.2) is 0 Å². The summed E-state index contributed by atoms with van der Waals surface area (Å²) in [4.78, 5) is 5.38. The quantitative estimate of drug-likeness (QED) is 0.847. The van der Waals surface area contributed by atoms with Crippen LogP contribution in [0.3, 0.4) is 0 Å². The summed E-state index contributed by atoms with van der Waals surface area (Å²) < 4.78 is 0. The molecule has 0 amide bonds. The summed E-state index contributed by atoms with van der Waals surface area (Å²) in [6, 6.07) is 0.807. The van der Waals surface area contributed by atoms with Crippen LogP contribution in [0.1, 0.15) is 51.4 Å². The van der Waals surface area contributed by atoms with Gasteiger partial charge in [0.05, 0.1) is 0 Å². The summed E-state index contributed by atoms with van der Waals surface area (Å²) in [7, 11) is 0. The number of hydrogen-bond donors (Lipinski definition) is 1. The SMILES string of the molecule is OCC1(CN2CCCN3CCCC3C2)CCCCC1. The molecule has 3 aliphatic rings. The van der Waals surface area contributed by atoms with Gasteiger partial charge < -0.3 is 10.0 Å². The van der Waals surface area contributed by atoms with Gasteiger partial charge >= 0.3 is 0 Å². The van der Waals surface area contributed by atoms with E-state index in [2.05, 4.69) is 9.80 Å². The van der Waals surface area contributed by atoms with Crippen molar-refractivity contribution in [1.82, 2.24) is 9.80 Å². The zero-order valence-corrected chi connectivity index (χ0v) is 12.3. The molecule has 110 valence electrons. The Morgan fingerprint density at radius 1 is 0.947 bits per heavy atom. The molecule has 0 bridgehead atoms. The van der Waals surface area contributed by atoms with Gasteiger partial charge in [0.25, 0.3) is 0 Å². The highest BCUT2D eigenvalue weighted by molar-refractivity contribution is 4.90. The molecule has 3 rings (SSSR count). The van der Waals surface area contributed by atoms with Gasteiger partial charge in [-0.3, -0.25) is 4.90 Å². The fourth-order valence-electron chi connectivity index (χ4n) is 4.57. The summed E-state index contributed by atoms with van der Waals surface area (Å²) in [5, 5.41) is 9.89. The highest BCUT2D eigenvalue weighted by Crippen LogP contribution is 2.37. The molecule has 1 saturated carbocycles. The Kier molecular flexibility index (Phi) is 4.45. The van der Waals surface area contributed by atoms with E-state index in [-0.39, 0.29) is 5.41 Å². The first-order valence-electron chi connectivity index (χ1n) is 8.39. The number of nitrogens with zero attached hydrogens (tertiary/aromatic N) is 2. The van der Waals surface area contributed by atoms with E-state index in [4.69, 9.17) is 0 Å². The molecule has 0 aromatic carbocycles. The van der Waals surface area contributed by atoms with Crippen LogP contribution >= 0.6 is 0 Å². The molecule has 0 aromatic rings. The largest absolute Gasteiger partial charge is 0.396 e. The normalized spacial score (nSPS) is 33.0. The summed E-state index contributed by atoms with van der Waals surface area (Å²) in [5.41, 5.74) is 0.228. The first-order valence-corrected chi connectivity index (χ1v) is 8.39. The second kappa shape index (κ2) is 6.11. The number of fused-ring (bicyclic) bond motifs is 1. The van der Waals surface area contributed by atoms with Crippen LogP contribution in [0.2, 0.25) is 0 Å². The lowest BCUT2D eigenvalue weighted by Crippen LogP contribution is -2.44. The van der Waals surface area contributed by atoms with Crippen molar-refractivity contribution in [3.8, 4) is 0 Å². The van der Waals surface area contributed by atoms with Crippen molar-refractivity contribution in [2.75, 3.05) is 39.3 Å². The van der Waals surface area contributed by atoms with Gasteiger partial charge in [0.2, 0.25) is 0 Å². The molecule has 1 N–H and O–H groups in total. The first-order chi connectivity index (χ1) is 9.31. The summed E-state index contributed by atoms with van der Waals surface area (Å²) in [6.45, 7) is 6.67. The third-order valence-corrected chi connectivity index (χ3v) is 5.70. The smallest absolute Gasteiger partial charge is 0.0499 e. The van der Waals surface area contributed by atoms with Crippen molar-refractivity contribution in [2.45, 2.75) is 57.4 Å². The first kappa shape index (κ1) is 13.8. The number of aliphatic hydroxyl groups excluding tert-OH is 1. The molecule has 1 atom stereocenters. The molecule has 0 aromatic heterocycles. The summed E-state index contributed by atoms with van der Waals surface area (Å²) >= 11 is 0. The molecule has 0 radical (unpaired) electrons. The molecule has 3 heteroatoms. The molecular weight excluding hydrogens is 236 g/mol. The van der Waals surface area contributed by atoms with E-state index in [1.54, 1.807) is 0 Å². The molecular formula is C16H30N2O. The summed E-state index contributed by atoms with van der Waals surface area (Å²) in [6.07, 6.45) is 10.6. The predicted molar refractivity (Wildman–Crippen MR) is 78.3 cm³/mol. The molecule has 1 aliphatic carbocycles. The Morgan fingerprint density at radius 2 is 1.74 bits per heavy atom. The third kappa shape index (κ3) is 3.14. The monoisotopic (exact) mass is 266 g/mol. The second-order valence-electron chi connectivity index (χ2n) is 7.14. The Bertz CT molecular complexity index is 288. The van der Waals surface area contributed by atoms with Gasteiger partial charge in [-0.1, -0.05) is 19.3 Å². The number of hydrogen-bond acceptors (Lipinski definition) is 3. The number of aliphatic hydroxyl groups is 1. The van der Waals surface area contributed by atoms with Crippen molar-refractivity contribution < 1.29 is 5.11 Å². The van der Waals surface area contributed by atoms with Crippen LogP contribution in [0.5, 0.6) is 0 Å². The van der Waals surface area contributed by atoms with Crippen molar-refractivity contribution >= 4 is 0 Å². The lowest BCUT2D eigenvalue weighted by molar-refractivity contribution is 0.0383. The van der Waals surface area contributed by atoms with Gasteiger partial charge in [0, 0.05) is 31.2 Å². The molecule has 19 heavy (non-hydrogen) atoms. The Hall–Kier alpha value is -0.120. The van der Waals surface area contributed by atoms with Crippen molar-refractivity contribution in [2.24, 2.45) is 5.41 Å². The van der Waals surface area contributed by atoms with E-state index in [1.165, 1.54) is 77.5 Å². The highest BCUT2D eigenvalue weighted by atomic mass is 16.3. The fourth-order valence-corrected chi connectivity index (χ4v) is 4.57. The Morgan fingerprint density at radius 3 is 2.53 bits per heavy atom. The predicted octanol–water partition coefficient (Wildman–Crippen LogP) is 2.10. The Balaban J connectivity index is 1.61. The van der Waals surface area contributed by atoms with Gasteiger partial charge in [-0.05, 0) is 51.7 Å². The van der Waals surface area contributed by atoms with Crippen molar-refractivity contribution in [3.05, 3.63) is 0 Å². The van der Waals surface area contributed by atoms with Gasteiger partial charge in [-0.15, -0.1) is 0 Å². The number of rotatable bonds is 3. The zero-order valence-electron chi connectivity index (χ0n) is 12.3. The van der Waals surface area contributed by atoms with Crippen LogP contribution in [0.25, 0.3) is 0 Å². The fraction of sp³-hybridized carbons (Fsp3) is 1.00. The van der Waals surface area contributed by atoms with Gasteiger partial charge in [-0.25, -0.2) is 0 Å². The van der Waals surface area contributed by atoms with Gasteiger partial charge in [0.15, 0.2) is 0 Å². The van der Waals surface area contributed by atoms with Crippen molar-refractivity contribution in [3.63, 3.8) is 0 Å². The van der Waals surface area contributed by atoms with E-state index in [0.29, 0.717) is 6.61 Å². The van der Waals surface area contributed by atoms with Crippen LogP contribution in [0.4, 0.5) is 0 Å². The van der Waals surface area contributed by atoms with Crippen LogP contribution in [-0.4, -0.2) is 60.3 Å². The minimum absolute atomic E-state index is 0.228. The summed E-state index contributed by atoms with van der Waals surface area (Å²) in [5.74, 6) is 0. The van der Waals surface area contributed by atoms with Gasteiger partial charge in [0.1, 0.15) is 0 Å². The van der Waals surface area contributed by atoms with E-state index < -0.39 is 0 Å². The van der Waals surface area contributed by atoms with E-state index in [0.717, 1.165) is 12.6 Å². The molecule has 3 fully saturated rings. The maximum absolute atomic E-state index is 9.89. The van der Waals surface area contributed by atoms with Crippen LogP contribution < -0.4 is 0 Å². The average Bonchev–Trinajstić information content (AvgIpc) is 2.79. The molecule has 1 unspecified atom stereocenters. The standard InChI is InChI=1S/C16H30N2O/c19-14-16(7-2-1-3-8-16)13-17-9-5-11-18-10-4-6-15(18)12-17/h15,19H,1-14H2. The van der Waals surface area contributed by atoms with E-state index >= 15 is 0 Å². The highest BCUT2D eigenvalue weighted by Gasteiger charge is 2.36. The van der Waals surface area contributed by atoms with E-state index in [9.17, 15) is 5.11 Å². The van der Waals surface area contributed by atoms with Gasteiger partial charge in [-0.2, -0.15) is 0 Å². The lowest BCUT2D eigenvalue weighted by Gasteiger charge is -2.40. The Labute approximate surface area is 118 Å². The zero-order chi connectivity index (χ0) is 13.1. The molecule has 0 spiro atoms. The molecule has 2 saturated heterocycles. The maximum Gasteiger partial charge on any atom is 0.0499 e. The molecule has 2 aliphatic heterocycles. The minimum atomic E-state index is 0.228. The minimum Gasteiger partial charge on any atom is -0.396 e.